The highest BCUT2D eigenvalue weighted by Gasteiger charge is 2.47. The molecule has 0 bridgehead atoms. The Labute approximate surface area is 106 Å². The van der Waals surface area contributed by atoms with Gasteiger partial charge in [0.25, 0.3) is 0 Å². The van der Waals surface area contributed by atoms with Crippen molar-refractivity contribution in [2.24, 2.45) is 0 Å². The minimum absolute atomic E-state index is 0.0420. The maximum Gasteiger partial charge on any atom is 0.302 e. The highest BCUT2D eigenvalue weighted by Crippen LogP contribution is 2.35. The number of aromatic nitrogens is 1. The lowest BCUT2D eigenvalue weighted by Crippen LogP contribution is -2.43. The molecule has 5 nitrogen and oxygen atoms in total. The van der Waals surface area contributed by atoms with E-state index in [1.807, 2.05) is 18.2 Å². The molecule has 0 saturated carbocycles. The molecule has 2 unspecified atom stereocenters. The molecule has 2 atom stereocenters. The van der Waals surface area contributed by atoms with Crippen LogP contribution in [0.3, 0.4) is 0 Å². The van der Waals surface area contributed by atoms with Crippen LogP contribution in [0.1, 0.15) is 26.0 Å². The first kappa shape index (κ1) is 12.5. The van der Waals surface area contributed by atoms with E-state index in [9.17, 15) is 9.59 Å². The molecule has 1 aliphatic rings. The predicted octanol–water partition coefficient (Wildman–Crippen LogP) is 0.791. The molecule has 0 radical (unpaired) electrons. The van der Waals surface area contributed by atoms with E-state index in [1.165, 1.54) is 6.92 Å². The third-order valence-electron chi connectivity index (χ3n) is 3.37. The Balaban J connectivity index is 2.35. The fraction of sp³-hybridized carbons (Fsp3) is 0.462. The number of amides is 1. The van der Waals surface area contributed by atoms with Crippen LogP contribution < -0.4 is 5.32 Å². The number of hydrogen-bond donors (Lipinski definition) is 1. The number of ether oxygens (including phenoxy) is 1. The molecule has 0 spiro atoms. The number of nitrogens with zero attached hydrogens (tertiary/aromatic N) is 1. The highest BCUT2D eigenvalue weighted by molar-refractivity contribution is 5.81. The molecule has 1 aliphatic heterocycles. The van der Waals surface area contributed by atoms with Crippen molar-refractivity contribution in [2.75, 3.05) is 6.54 Å². The average Bonchev–Trinajstić information content (AvgIpc) is 2.73. The molecule has 2 rings (SSSR count). The highest BCUT2D eigenvalue weighted by atomic mass is 16.5. The van der Waals surface area contributed by atoms with Crippen LogP contribution in [0.25, 0.3) is 0 Å². The number of rotatable bonds is 3. The minimum atomic E-state index is -0.565. The van der Waals surface area contributed by atoms with Crippen LogP contribution in [-0.2, 0) is 19.7 Å². The summed E-state index contributed by atoms with van der Waals surface area (Å²) in [6, 6.07) is 5.55. The Morgan fingerprint density at radius 1 is 1.56 bits per heavy atom. The van der Waals surface area contributed by atoms with Crippen LogP contribution in [0, 0.1) is 0 Å². The normalized spacial score (nSPS) is 24.4. The number of esters is 1. The zero-order chi connectivity index (χ0) is 13.2. The van der Waals surface area contributed by atoms with Crippen LogP contribution in [0.5, 0.6) is 0 Å². The summed E-state index contributed by atoms with van der Waals surface area (Å²) in [7, 11) is 0. The molecule has 0 aromatic carbocycles. The first-order chi connectivity index (χ1) is 8.54. The second-order valence-corrected chi connectivity index (χ2v) is 4.58. The summed E-state index contributed by atoms with van der Waals surface area (Å²) >= 11 is 0. The Hall–Kier alpha value is -1.91. The third kappa shape index (κ3) is 2.20. The summed E-state index contributed by atoms with van der Waals surface area (Å²) in [5, 5.41) is 2.79. The molecule has 2 heterocycles. The molecule has 1 aromatic rings. The Kier molecular flexibility index (Phi) is 3.32. The van der Waals surface area contributed by atoms with Gasteiger partial charge in [0, 0.05) is 26.1 Å². The fourth-order valence-corrected chi connectivity index (χ4v) is 2.36. The molecule has 1 N–H and O–H groups in total. The van der Waals surface area contributed by atoms with Gasteiger partial charge in [0.2, 0.25) is 5.91 Å². The summed E-state index contributed by atoms with van der Waals surface area (Å²) in [5.41, 5.74) is 0.210. The maximum absolute atomic E-state index is 11.5. The van der Waals surface area contributed by atoms with Crippen LogP contribution in [0.2, 0.25) is 0 Å². The van der Waals surface area contributed by atoms with Gasteiger partial charge >= 0.3 is 5.97 Å². The van der Waals surface area contributed by atoms with Crippen molar-refractivity contribution in [3.8, 4) is 0 Å². The molecule has 0 aliphatic carbocycles. The summed E-state index contributed by atoms with van der Waals surface area (Å²) < 4.78 is 5.27. The van der Waals surface area contributed by atoms with Crippen LogP contribution in [0.15, 0.2) is 24.4 Å². The zero-order valence-electron chi connectivity index (χ0n) is 10.5. The van der Waals surface area contributed by atoms with Crippen LogP contribution in [-0.4, -0.2) is 29.5 Å². The van der Waals surface area contributed by atoms with Crippen molar-refractivity contribution < 1.29 is 14.3 Å². The number of nitrogens with one attached hydrogen (secondary N) is 1. The van der Waals surface area contributed by atoms with Gasteiger partial charge in [-0.2, -0.15) is 0 Å². The Morgan fingerprint density at radius 2 is 2.33 bits per heavy atom. The lowest BCUT2D eigenvalue weighted by Gasteiger charge is -2.32. The monoisotopic (exact) mass is 248 g/mol. The van der Waals surface area contributed by atoms with Crippen molar-refractivity contribution in [2.45, 2.75) is 31.8 Å². The second-order valence-electron chi connectivity index (χ2n) is 4.58. The van der Waals surface area contributed by atoms with Gasteiger partial charge in [0.05, 0.1) is 11.1 Å². The predicted molar refractivity (Wildman–Crippen MR) is 64.8 cm³/mol. The van der Waals surface area contributed by atoms with Crippen molar-refractivity contribution in [1.82, 2.24) is 10.3 Å². The summed E-state index contributed by atoms with van der Waals surface area (Å²) in [5.74, 6) is -0.392. The molecule has 1 aromatic heterocycles. The van der Waals surface area contributed by atoms with Gasteiger partial charge in [-0.15, -0.1) is 0 Å². The van der Waals surface area contributed by atoms with E-state index in [2.05, 4.69) is 10.3 Å². The van der Waals surface area contributed by atoms with Gasteiger partial charge in [0.1, 0.15) is 6.10 Å². The second kappa shape index (κ2) is 4.76. The van der Waals surface area contributed by atoms with E-state index in [4.69, 9.17) is 4.74 Å². The third-order valence-corrected chi connectivity index (χ3v) is 3.37. The molecule has 1 fully saturated rings. The number of carbonyl (C=O) groups is 2. The minimum Gasteiger partial charge on any atom is -0.462 e. The largest absolute Gasteiger partial charge is 0.462 e. The van der Waals surface area contributed by atoms with Crippen molar-refractivity contribution in [1.29, 1.82) is 0 Å². The first-order valence-corrected chi connectivity index (χ1v) is 5.90. The SMILES string of the molecule is CC(=O)OC(C)C1(c2ccccn2)CNC(=O)C1. The maximum atomic E-state index is 11.5. The average molecular weight is 248 g/mol. The molecule has 18 heavy (non-hydrogen) atoms. The van der Waals surface area contributed by atoms with Gasteiger partial charge in [-0.25, -0.2) is 0 Å². The summed E-state index contributed by atoms with van der Waals surface area (Å²) in [6.07, 6.45) is 1.57. The summed E-state index contributed by atoms with van der Waals surface area (Å²) in [4.78, 5) is 27.0. The molecule has 96 valence electrons. The summed E-state index contributed by atoms with van der Waals surface area (Å²) in [6.45, 7) is 3.61. The first-order valence-electron chi connectivity index (χ1n) is 5.90. The number of carbonyl (C=O) groups excluding carboxylic acids is 2. The Morgan fingerprint density at radius 3 is 2.83 bits per heavy atom. The number of pyridine rings is 1. The van der Waals surface area contributed by atoms with Gasteiger partial charge in [-0.05, 0) is 19.1 Å². The van der Waals surface area contributed by atoms with E-state index in [0.29, 0.717) is 13.0 Å². The van der Waals surface area contributed by atoms with E-state index >= 15 is 0 Å². The van der Waals surface area contributed by atoms with E-state index < -0.39 is 11.5 Å². The molecular formula is C13H16N2O3. The van der Waals surface area contributed by atoms with E-state index in [0.717, 1.165) is 5.69 Å². The zero-order valence-corrected chi connectivity index (χ0v) is 10.5. The van der Waals surface area contributed by atoms with Crippen LogP contribution >= 0.6 is 0 Å². The van der Waals surface area contributed by atoms with Gasteiger partial charge in [0.15, 0.2) is 0 Å². The smallest absolute Gasteiger partial charge is 0.302 e. The molecule has 1 saturated heterocycles. The van der Waals surface area contributed by atoms with Crippen molar-refractivity contribution in [3.63, 3.8) is 0 Å². The van der Waals surface area contributed by atoms with Gasteiger partial charge in [-0.3, -0.25) is 14.6 Å². The molecule has 5 heteroatoms. The van der Waals surface area contributed by atoms with Gasteiger partial charge < -0.3 is 10.1 Å². The Bertz CT molecular complexity index is 461. The van der Waals surface area contributed by atoms with E-state index in [-0.39, 0.29) is 11.9 Å². The lowest BCUT2D eigenvalue weighted by atomic mass is 9.78. The topological polar surface area (TPSA) is 68.3 Å². The van der Waals surface area contributed by atoms with Crippen LogP contribution in [0.4, 0.5) is 0 Å². The van der Waals surface area contributed by atoms with E-state index in [1.54, 1.807) is 13.1 Å². The molecular weight excluding hydrogens is 232 g/mol. The quantitative estimate of drug-likeness (QED) is 0.803. The van der Waals surface area contributed by atoms with Gasteiger partial charge in [-0.1, -0.05) is 6.07 Å². The molecule has 1 amide bonds. The lowest BCUT2D eigenvalue weighted by molar-refractivity contribution is -0.149. The van der Waals surface area contributed by atoms with Crippen molar-refractivity contribution >= 4 is 11.9 Å². The fourth-order valence-electron chi connectivity index (χ4n) is 2.36. The van der Waals surface area contributed by atoms with Crippen molar-refractivity contribution in [3.05, 3.63) is 30.1 Å². The number of hydrogen-bond acceptors (Lipinski definition) is 4. The standard InChI is InChI=1S/C13H16N2O3/c1-9(18-10(2)16)13(7-12(17)15-8-13)11-5-3-4-6-14-11/h3-6,9H,7-8H2,1-2H3,(H,15,17).